The van der Waals surface area contributed by atoms with Crippen LogP contribution in [0.2, 0.25) is 0 Å². The van der Waals surface area contributed by atoms with Crippen molar-refractivity contribution in [1.82, 2.24) is 33.2 Å². The zero-order valence-electron chi connectivity index (χ0n) is 50.0. The highest BCUT2D eigenvalue weighted by molar-refractivity contribution is 6.97. The molecule has 0 aliphatic carbocycles. The Balaban J connectivity index is 0.791. The van der Waals surface area contributed by atoms with Crippen LogP contribution in [0, 0.1) is 0 Å². The summed E-state index contributed by atoms with van der Waals surface area (Å²) in [5.41, 5.74) is 25.3. The van der Waals surface area contributed by atoms with Crippen molar-refractivity contribution in [1.29, 1.82) is 0 Å². The summed E-state index contributed by atoms with van der Waals surface area (Å²) in [6.45, 7) is 0.283. The van der Waals surface area contributed by atoms with Crippen molar-refractivity contribution >= 4 is 133 Å². The van der Waals surface area contributed by atoms with Gasteiger partial charge in [0, 0.05) is 60.0 Å². The molecule has 0 bridgehead atoms. The smallest absolute Gasteiger partial charge is 0.241 e. The summed E-state index contributed by atoms with van der Waals surface area (Å²) in [6.07, 6.45) is 1.90. The van der Waals surface area contributed by atoms with Crippen LogP contribution in [0.3, 0.4) is 0 Å². The SMILES string of the molecule is c1ccc(-c2nc(-n3c4ccccc4c4c3ccc3c5ccccc5n(-c5ccc(B6c7ccccc7Cc7ccccc76)cc5)c34)nc(-n3c4ccccc4c4c3ccc3c5ccccc5n(-c5ccc(B6c7ccccc7Cc7ccccc76)cc5)c34)n2)cc1. The molecule has 92 heavy (non-hydrogen) atoms. The van der Waals surface area contributed by atoms with E-state index in [2.05, 4.69) is 309 Å². The van der Waals surface area contributed by atoms with E-state index in [1.165, 1.54) is 76.6 Å². The van der Waals surface area contributed by atoms with Crippen molar-refractivity contribution in [3.63, 3.8) is 0 Å². The number of hydrogen-bond donors (Lipinski definition) is 0. The molecule has 0 saturated heterocycles. The lowest BCUT2D eigenvalue weighted by atomic mass is 9.33. The van der Waals surface area contributed by atoms with E-state index in [0.717, 1.165) is 95.5 Å². The first-order valence-electron chi connectivity index (χ1n) is 31.9. The van der Waals surface area contributed by atoms with Crippen LogP contribution in [0.15, 0.2) is 297 Å². The second-order valence-electron chi connectivity index (χ2n) is 24.9. The molecule has 0 N–H and O–H groups in total. The fourth-order valence-electron chi connectivity index (χ4n) is 16.3. The maximum Gasteiger partial charge on any atom is 0.241 e. The Hall–Kier alpha value is -11.8. The van der Waals surface area contributed by atoms with E-state index in [1.807, 2.05) is 6.07 Å². The molecule has 0 radical (unpaired) electrons. The van der Waals surface area contributed by atoms with E-state index in [1.54, 1.807) is 0 Å². The lowest BCUT2D eigenvalue weighted by molar-refractivity contribution is 0.893. The third-order valence-corrected chi connectivity index (χ3v) is 20.2. The van der Waals surface area contributed by atoms with Gasteiger partial charge in [-0.25, -0.2) is 0 Å². The molecule has 426 valence electrons. The molecular weight excluding hydrogens is 1120 g/mol. The maximum atomic E-state index is 5.71. The van der Waals surface area contributed by atoms with Gasteiger partial charge in [0.2, 0.25) is 25.3 Å². The van der Waals surface area contributed by atoms with Gasteiger partial charge in [-0.05, 0) is 95.8 Å². The predicted octanol–water partition coefficient (Wildman–Crippen LogP) is 14.8. The second-order valence-corrected chi connectivity index (χ2v) is 24.9. The molecular formula is C83H53B2N7. The van der Waals surface area contributed by atoms with Gasteiger partial charge in [0.1, 0.15) is 0 Å². The second kappa shape index (κ2) is 19.9. The maximum absolute atomic E-state index is 5.71. The molecule has 2 aliphatic rings. The summed E-state index contributed by atoms with van der Waals surface area (Å²) in [4.78, 5) is 16.8. The largest absolute Gasteiger partial charge is 0.309 e. The van der Waals surface area contributed by atoms with E-state index in [0.29, 0.717) is 17.7 Å². The van der Waals surface area contributed by atoms with Crippen LogP contribution in [0.25, 0.3) is 122 Å². The van der Waals surface area contributed by atoms with Gasteiger partial charge in [-0.2, -0.15) is 15.0 Å². The molecule has 7 nitrogen and oxygen atoms in total. The number of rotatable bonds is 7. The summed E-state index contributed by atoms with van der Waals surface area (Å²) in [5.74, 6) is 1.65. The molecule has 9 heteroatoms. The van der Waals surface area contributed by atoms with Crippen LogP contribution in [0.4, 0.5) is 0 Å². The highest BCUT2D eigenvalue weighted by atomic mass is 15.3. The van der Waals surface area contributed by atoms with Crippen LogP contribution in [0.5, 0.6) is 0 Å². The molecule has 18 aromatic rings. The number of benzene rings is 13. The van der Waals surface area contributed by atoms with Gasteiger partial charge < -0.3 is 9.13 Å². The standard InChI is InChI=1S/C83H53B2N7/c1-2-20-52(21-3-1)81-86-82(91-73-36-18-10-28-65(73)77-75(91)48-46-63-61-26-8-16-34-71(61)89(79(63)77)59-42-38-57(39-43-59)84-67-30-12-4-22-53(67)50-54-23-5-13-31-68(54)84)88-83(87-81)92-74-37-19-11-29-66(74)78-76(92)49-47-64-62-27-9-17-35-72(62)90(80(64)78)60-44-40-58(41-45-60)85-69-32-14-6-24-55(69)51-56-25-7-15-33-70(56)85/h1-49H,50-51H2. The summed E-state index contributed by atoms with van der Waals surface area (Å²) >= 11 is 0. The van der Waals surface area contributed by atoms with Gasteiger partial charge in [0.25, 0.3) is 0 Å². The number of fused-ring (bicyclic) bond motifs is 18. The van der Waals surface area contributed by atoms with Crippen molar-refractivity contribution in [2.75, 3.05) is 0 Å². The summed E-state index contributed by atoms with van der Waals surface area (Å²) in [6, 6.07) is 109. The molecule has 0 atom stereocenters. The van der Waals surface area contributed by atoms with Gasteiger partial charge in [0.15, 0.2) is 5.82 Å². The average Bonchev–Trinajstić information content (AvgIpc) is 1.55. The molecule has 0 fully saturated rings. The third-order valence-electron chi connectivity index (χ3n) is 20.2. The van der Waals surface area contributed by atoms with Crippen LogP contribution >= 0.6 is 0 Å². The summed E-state index contributed by atoms with van der Waals surface area (Å²) in [7, 11) is 0. The Morgan fingerprint density at radius 3 is 0.989 bits per heavy atom. The molecule has 5 aromatic heterocycles. The Morgan fingerprint density at radius 1 is 0.250 bits per heavy atom. The van der Waals surface area contributed by atoms with Crippen LogP contribution in [-0.2, 0) is 12.8 Å². The van der Waals surface area contributed by atoms with E-state index in [9.17, 15) is 0 Å². The van der Waals surface area contributed by atoms with Crippen molar-refractivity contribution in [3.05, 3.63) is 320 Å². The van der Waals surface area contributed by atoms with Gasteiger partial charge in [-0.1, -0.05) is 269 Å². The predicted molar refractivity (Wildman–Crippen MR) is 383 cm³/mol. The van der Waals surface area contributed by atoms with E-state index >= 15 is 0 Å². The van der Waals surface area contributed by atoms with Crippen molar-refractivity contribution < 1.29 is 0 Å². The van der Waals surface area contributed by atoms with Crippen molar-refractivity contribution in [2.45, 2.75) is 12.8 Å². The number of aromatic nitrogens is 7. The van der Waals surface area contributed by atoms with Crippen LogP contribution in [0.1, 0.15) is 22.3 Å². The Morgan fingerprint density at radius 2 is 0.587 bits per heavy atom. The highest BCUT2D eigenvalue weighted by Gasteiger charge is 2.33. The molecule has 0 saturated carbocycles. The minimum absolute atomic E-state index is 0.142. The monoisotopic (exact) mass is 1170 g/mol. The van der Waals surface area contributed by atoms with Crippen LogP contribution in [-0.4, -0.2) is 46.6 Å². The lowest BCUT2D eigenvalue weighted by Gasteiger charge is -2.27. The molecule has 0 spiro atoms. The number of para-hydroxylation sites is 4. The minimum Gasteiger partial charge on any atom is -0.309 e. The van der Waals surface area contributed by atoms with Gasteiger partial charge in [-0.15, -0.1) is 0 Å². The molecule has 20 rings (SSSR count). The molecule has 0 amide bonds. The summed E-state index contributed by atoms with van der Waals surface area (Å²) in [5, 5.41) is 9.24. The molecule has 2 aliphatic heterocycles. The van der Waals surface area contributed by atoms with Gasteiger partial charge in [0.05, 0.1) is 44.1 Å². The molecule has 13 aromatic carbocycles. The lowest BCUT2D eigenvalue weighted by Crippen LogP contribution is -2.56. The Labute approximate surface area is 530 Å². The first-order valence-corrected chi connectivity index (χ1v) is 31.9. The topological polar surface area (TPSA) is 58.4 Å². The Bertz CT molecular complexity index is 5650. The molecule has 0 unspecified atom stereocenters. The van der Waals surface area contributed by atoms with Crippen LogP contribution < -0.4 is 32.8 Å². The van der Waals surface area contributed by atoms with E-state index in [4.69, 9.17) is 15.0 Å². The normalized spacial score (nSPS) is 12.9. The van der Waals surface area contributed by atoms with Gasteiger partial charge >= 0.3 is 0 Å². The van der Waals surface area contributed by atoms with E-state index < -0.39 is 0 Å². The zero-order chi connectivity index (χ0) is 60.1. The first-order chi connectivity index (χ1) is 45.7. The zero-order valence-corrected chi connectivity index (χ0v) is 50.0. The van der Waals surface area contributed by atoms with E-state index in [-0.39, 0.29) is 13.4 Å². The fourth-order valence-corrected chi connectivity index (χ4v) is 16.3. The number of hydrogen-bond acceptors (Lipinski definition) is 3. The highest BCUT2D eigenvalue weighted by Crippen LogP contribution is 2.44. The summed E-state index contributed by atoms with van der Waals surface area (Å²) < 4.78 is 9.49. The first kappa shape index (κ1) is 51.1. The minimum atomic E-state index is 0.142. The Kier molecular flexibility index (Phi) is 11.0. The quantitative estimate of drug-likeness (QED) is 0.149. The number of nitrogens with zero attached hydrogens (tertiary/aromatic N) is 7. The van der Waals surface area contributed by atoms with Crippen molar-refractivity contribution in [3.8, 4) is 34.7 Å². The third kappa shape index (κ3) is 7.45. The molecule has 7 heterocycles. The van der Waals surface area contributed by atoms with Gasteiger partial charge in [-0.3, -0.25) is 9.13 Å². The fraction of sp³-hybridized carbons (Fsp3) is 0.0241. The average molecular weight is 1170 g/mol. The van der Waals surface area contributed by atoms with Crippen molar-refractivity contribution in [2.24, 2.45) is 0 Å².